The first-order valence-corrected chi connectivity index (χ1v) is 4.70. The van der Waals surface area contributed by atoms with Crippen LogP contribution in [-0.2, 0) is 0 Å². The molecule has 13 heavy (non-hydrogen) atoms. The maximum absolute atomic E-state index is 5.39. The first-order valence-electron chi connectivity index (χ1n) is 4.70. The van der Waals surface area contributed by atoms with Gasteiger partial charge < -0.3 is 5.73 Å². The largest absolute Gasteiger partial charge is 0.327 e. The highest BCUT2D eigenvalue weighted by molar-refractivity contribution is 5.50. The smallest absolute Gasteiger partial charge is 0.0110 e. The fraction of sp³-hybridized carbons (Fsp3) is 0.333. The van der Waals surface area contributed by atoms with Crippen LogP contribution in [0.15, 0.2) is 30.3 Å². The summed E-state index contributed by atoms with van der Waals surface area (Å²) in [7, 11) is 0. The minimum absolute atomic E-state index is 0.589. The second-order valence-corrected chi connectivity index (χ2v) is 3.46. The lowest BCUT2D eigenvalue weighted by atomic mass is 10.0. The SMILES string of the molecule is CC(C)c1cccc(/C=C/CN)c1. The topological polar surface area (TPSA) is 26.0 Å². The molecule has 0 amide bonds. The van der Waals surface area contributed by atoms with E-state index in [0.29, 0.717) is 12.5 Å². The van der Waals surface area contributed by atoms with E-state index in [4.69, 9.17) is 5.73 Å². The summed E-state index contributed by atoms with van der Waals surface area (Å²) in [6.45, 7) is 5.00. The fourth-order valence-electron chi connectivity index (χ4n) is 1.23. The van der Waals surface area contributed by atoms with Gasteiger partial charge in [-0.1, -0.05) is 50.3 Å². The van der Waals surface area contributed by atoms with Gasteiger partial charge in [0.1, 0.15) is 0 Å². The van der Waals surface area contributed by atoms with Crippen LogP contribution in [0.25, 0.3) is 6.08 Å². The number of nitrogens with two attached hydrogens (primary N) is 1. The van der Waals surface area contributed by atoms with Gasteiger partial charge in [0.05, 0.1) is 0 Å². The molecule has 0 aromatic heterocycles. The summed E-state index contributed by atoms with van der Waals surface area (Å²) in [4.78, 5) is 0. The van der Waals surface area contributed by atoms with Crippen LogP contribution in [0, 0.1) is 0 Å². The average molecular weight is 175 g/mol. The zero-order chi connectivity index (χ0) is 9.68. The molecule has 1 rings (SSSR count). The molecule has 1 aromatic carbocycles. The predicted molar refractivity (Wildman–Crippen MR) is 58.6 cm³/mol. The lowest BCUT2D eigenvalue weighted by Gasteiger charge is -2.05. The van der Waals surface area contributed by atoms with Gasteiger partial charge in [-0.25, -0.2) is 0 Å². The van der Waals surface area contributed by atoms with Crippen LogP contribution in [-0.4, -0.2) is 6.54 Å². The third-order valence-corrected chi connectivity index (χ3v) is 2.02. The lowest BCUT2D eigenvalue weighted by Crippen LogP contribution is -1.92. The number of hydrogen-bond acceptors (Lipinski definition) is 1. The molecular weight excluding hydrogens is 158 g/mol. The number of hydrogen-bond donors (Lipinski definition) is 1. The third kappa shape index (κ3) is 3.03. The quantitative estimate of drug-likeness (QED) is 0.751. The van der Waals surface area contributed by atoms with Crippen molar-refractivity contribution in [2.45, 2.75) is 19.8 Å². The van der Waals surface area contributed by atoms with Crippen molar-refractivity contribution >= 4 is 6.08 Å². The predicted octanol–water partition coefficient (Wildman–Crippen LogP) is 2.78. The van der Waals surface area contributed by atoms with Crippen LogP contribution in [0.4, 0.5) is 0 Å². The molecule has 0 aliphatic carbocycles. The Balaban J connectivity index is 2.85. The second kappa shape index (κ2) is 4.83. The van der Waals surface area contributed by atoms with Gasteiger partial charge in [0.2, 0.25) is 0 Å². The van der Waals surface area contributed by atoms with Gasteiger partial charge in [0.25, 0.3) is 0 Å². The third-order valence-electron chi connectivity index (χ3n) is 2.02. The van der Waals surface area contributed by atoms with Crippen LogP contribution in [0.3, 0.4) is 0 Å². The van der Waals surface area contributed by atoms with Crippen molar-refractivity contribution in [1.29, 1.82) is 0 Å². The molecule has 1 heteroatoms. The van der Waals surface area contributed by atoms with Crippen LogP contribution in [0.1, 0.15) is 30.9 Å². The highest BCUT2D eigenvalue weighted by Gasteiger charge is 1.97. The molecule has 0 radical (unpaired) electrons. The van der Waals surface area contributed by atoms with Gasteiger partial charge in [0.15, 0.2) is 0 Å². The van der Waals surface area contributed by atoms with Crippen molar-refractivity contribution in [3.8, 4) is 0 Å². The molecule has 0 spiro atoms. The van der Waals surface area contributed by atoms with Crippen molar-refractivity contribution < 1.29 is 0 Å². The van der Waals surface area contributed by atoms with Crippen molar-refractivity contribution in [3.05, 3.63) is 41.5 Å². The molecular formula is C12H17N. The van der Waals surface area contributed by atoms with Crippen molar-refractivity contribution in [3.63, 3.8) is 0 Å². The summed E-state index contributed by atoms with van der Waals surface area (Å²) in [5.41, 5.74) is 7.99. The van der Waals surface area contributed by atoms with Gasteiger partial charge in [-0.15, -0.1) is 0 Å². The monoisotopic (exact) mass is 175 g/mol. The molecule has 1 nitrogen and oxygen atoms in total. The molecule has 0 bridgehead atoms. The Bertz CT molecular complexity index is 287. The summed E-state index contributed by atoms with van der Waals surface area (Å²) < 4.78 is 0. The average Bonchev–Trinajstić information content (AvgIpc) is 2.15. The van der Waals surface area contributed by atoms with Gasteiger partial charge in [0, 0.05) is 6.54 Å². The molecule has 0 saturated heterocycles. The Hall–Kier alpha value is -1.08. The first-order chi connectivity index (χ1) is 6.24. The van der Waals surface area contributed by atoms with Crippen LogP contribution < -0.4 is 5.73 Å². The van der Waals surface area contributed by atoms with E-state index < -0.39 is 0 Å². The van der Waals surface area contributed by atoms with E-state index in [1.54, 1.807) is 0 Å². The lowest BCUT2D eigenvalue weighted by molar-refractivity contribution is 0.866. The fourth-order valence-corrected chi connectivity index (χ4v) is 1.23. The maximum atomic E-state index is 5.39. The van der Waals surface area contributed by atoms with Crippen molar-refractivity contribution in [2.75, 3.05) is 6.54 Å². The summed E-state index contributed by atoms with van der Waals surface area (Å²) in [5, 5.41) is 0. The van der Waals surface area contributed by atoms with Crippen LogP contribution in [0.2, 0.25) is 0 Å². The molecule has 70 valence electrons. The maximum Gasteiger partial charge on any atom is 0.0110 e. The molecule has 0 aliphatic heterocycles. The standard InChI is InChI=1S/C12H17N/c1-10(2)12-7-3-5-11(9-12)6-4-8-13/h3-7,9-10H,8,13H2,1-2H3/b6-4+. The summed E-state index contributed by atoms with van der Waals surface area (Å²) in [5.74, 6) is 0.589. The van der Waals surface area contributed by atoms with E-state index >= 15 is 0 Å². The van der Waals surface area contributed by atoms with E-state index in [2.05, 4.69) is 44.2 Å². The van der Waals surface area contributed by atoms with Crippen LogP contribution in [0.5, 0.6) is 0 Å². The van der Waals surface area contributed by atoms with Crippen LogP contribution >= 0.6 is 0 Å². The Morgan fingerprint density at radius 2 is 2.15 bits per heavy atom. The van der Waals surface area contributed by atoms with Crippen molar-refractivity contribution in [2.24, 2.45) is 5.73 Å². The molecule has 0 aliphatic rings. The molecule has 2 N–H and O–H groups in total. The Labute approximate surface area is 80.3 Å². The zero-order valence-electron chi connectivity index (χ0n) is 8.33. The molecule has 0 unspecified atom stereocenters. The normalized spacial score (nSPS) is 11.4. The minimum atomic E-state index is 0.589. The Morgan fingerprint density at radius 3 is 2.77 bits per heavy atom. The van der Waals surface area contributed by atoms with E-state index in [9.17, 15) is 0 Å². The summed E-state index contributed by atoms with van der Waals surface area (Å²) in [6.07, 6.45) is 4.03. The molecule has 0 heterocycles. The van der Waals surface area contributed by atoms with E-state index in [1.807, 2.05) is 6.08 Å². The first kappa shape index (κ1) is 10.0. The van der Waals surface area contributed by atoms with Gasteiger partial charge >= 0.3 is 0 Å². The number of benzene rings is 1. The van der Waals surface area contributed by atoms with Gasteiger partial charge in [-0.3, -0.25) is 0 Å². The summed E-state index contributed by atoms with van der Waals surface area (Å²) >= 11 is 0. The summed E-state index contributed by atoms with van der Waals surface area (Å²) in [6, 6.07) is 8.55. The minimum Gasteiger partial charge on any atom is -0.327 e. The Morgan fingerprint density at radius 1 is 1.38 bits per heavy atom. The van der Waals surface area contributed by atoms with Crippen molar-refractivity contribution in [1.82, 2.24) is 0 Å². The van der Waals surface area contributed by atoms with Gasteiger partial charge in [-0.2, -0.15) is 0 Å². The van der Waals surface area contributed by atoms with E-state index in [0.717, 1.165) is 0 Å². The van der Waals surface area contributed by atoms with E-state index in [1.165, 1.54) is 11.1 Å². The molecule has 0 fully saturated rings. The van der Waals surface area contributed by atoms with Gasteiger partial charge in [-0.05, 0) is 17.0 Å². The molecule has 0 atom stereocenters. The van der Waals surface area contributed by atoms with E-state index in [-0.39, 0.29) is 0 Å². The molecule has 1 aromatic rings. The molecule has 0 saturated carbocycles. The Kier molecular flexibility index (Phi) is 3.71. The number of rotatable bonds is 3. The highest BCUT2D eigenvalue weighted by atomic mass is 14.5. The zero-order valence-corrected chi connectivity index (χ0v) is 8.33. The second-order valence-electron chi connectivity index (χ2n) is 3.46. The highest BCUT2D eigenvalue weighted by Crippen LogP contribution is 2.16.